The molecule has 5 nitrogen and oxygen atoms in total. The number of fused-ring (bicyclic) bond motifs is 1. The Morgan fingerprint density at radius 2 is 1.71 bits per heavy atom. The molecule has 3 aromatic rings. The fourth-order valence-electron chi connectivity index (χ4n) is 3.76. The number of hydrogen-bond donors (Lipinski definition) is 2. The summed E-state index contributed by atoms with van der Waals surface area (Å²) in [6.45, 7) is 0.283. The normalized spacial score (nSPS) is 17.1. The molecule has 1 saturated heterocycles. The van der Waals surface area contributed by atoms with E-state index in [0.717, 1.165) is 11.6 Å². The van der Waals surface area contributed by atoms with Crippen molar-refractivity contribution in [1.29, 1.82) is 0 Å². The summed E-state index contributed by atoms with van der Waals surface area (Å²) in [6.07, 6.45) is -4.50. The Labute approximate surface area is 158 Å². The molecule has 1 fully saturated rings. The molecule has 0 radical (unpaired) electrons. The summed E-state index contributed by atoms with van der Waals surface area (Å²) in [6, 6.07) is 12.3. The standard InChI is InChI=1S/C20H18F3N3O2/c21-20(22,23)15-7-3-2-6-14(15)19(28)9-11-26(12-10-19)18(27)17-13-5-1-4-8-16(13)24-25-17/h1-8,28H,9-12H2,(H,24,25). The zero-order valence-corrected chi connectivity index (χ0v) is 14.8. The van der Waals surface area contributed by atoms with E-state index in [9.17, 15) is 23.1 Å². The van der Waals surface area contributed by atoms with Crippen molar-refractivity contribution in [3.63, 3.8) is 0 Å². The Kier molecular flexibility index (Phi) is 4.38. The lowest BCUT2D eigenvalue weighted by atomic mass is 9.81. The molecule has 4 rings (SSSR count). The van der Waals surface area contributed by atoms with E-state index in [1.54, 1.807) is 12.1 Å². The second kappa shape index (κ2) is 6.63. The van der Waals surface area contributed by atoms with Crippen molar-refractivity contribution in [2.24, 2.45) is 0 Å². The molecule has 28 heavy (non-hydrogen) atoms. The highest BCUT2D eigenvalue weighted by molar-refractivity contribution is 6.04. The summed E-state index contributed by atoms with van der Waals surface area (Å²) in [5.74, 6) is -0.302. The number of benzene rings is 2. The summed E-state index contributed by atoms with van der Waals surface area (Å²) in [7, 11) is 0. The molecule has 1 aliphatic heterocycles. The van der Waals surface area contributed by atoms with Crippen LogP contribution in [0.25, 0.3) is 10.9 Å². The number of alkyl halides is 3. The van der Waals surface area contributed by atoms with Crippen molar-refractivity contribution >= 4 is 16.8 Å². The SMILES string of the molecule is O=C(c1n[nH]c2ccccc12)N1CCC(O)(c2ccccc2C(F)(F)F)CC1. The Morgan fingerprint density at radius 1 is 1.07 bits per heavy atom. The molecule has 1 aliphatic rings. The lowest BCUT2D eigenvalue weighted by molar-refractivity contribution is -0.141. The Hall–Kier alpha value is -2.87. The fraction of sp³-hybridized carbons (Fsp3) is 0.300. The molecule has 2 heterocycles. The van der Waals surface area contributed by atoms with Crippen LogP contribution in [0.1, 0.15) is 34.5 Å². The lowest BCUT2D eigenvalue weighted by Crippen LogP contribution is -2.46. The number of rotatable bonds is 2. The van der Waals surface area contributed by atoms with Crippen molar-refractivity contribution < 1.29 is 23.1 Å². The van der Waals surface area contributed by atoms with Crippen LogP contribution in [0, 0.1) is 0 Å². The van der Waals surface area contributed by atoms with Crippen molar-refractivity contribution in [2.75, 3.05) is 13.1 Å². The molecule has 146 valence electrons. The number of halogens is 3. The highest BCUT2D eigenvalue weighted by Gasteiger charge is 2.43. The molecule has 0 spiro atoms. The Morgan fingerprint density at radius 3 is 2.43 bits per heavy atom. The van der Waals surface area contributed by atoms with Gasteiger partial charge in [-0.25, -0.2) is 0 Å². The van der Waals surface area contributed by atoms with Gasteiger partial charge in [0, 0.05) is 18.5 Å². The summed E-state index contributed by atoms with van der Waals surface area (Å²) < 4.78 is 40.0. The van der Waals surface area contributed by atoms with Gasteiger partial charge in [0.2, 0.25) is 0 Å². The number of para-hydroxylation sites is 1. The zero-order chi connectivity index (χ0) is 19.9. The number of aromatic amines is 1. The van der Waals surface area contributed by atoms with Gasteiger partial charge in [-0.1, -0.05) is 36.4 Å². The van der Waals surface area contributed by atoms with E-state index in [-0.39, 0.29) is 43.1 Å². The van der Waals surface area contributed by atoms with Gasteiger partial charge < -0.3 is 10.0 Å². The van der Waals surface area contributed by atoms with E-state index in [4.69, 9.17) is 0 Å². The van der Waals surface area contributed by atoms with Crippen molar-refractivity contribution in [1.82, 2.24) is 15.1 Å². The van der Waals surface area contributed by atoms with Crippen LogP contribution in [-0.2, 0) is 11.8 Å². The third kappa shape index (κ3) is 3.13. The first-order valence-corrected chi connectivity index (χ1v) is 8.91. The quantitative estimate of drug-likeness (QED) is 0.702. The molecule has 8 heteroatoms. The van der Waals surface area contributed by atoms with Crippen molar-refractivity contribution in [3.05, 3.63) is 65.4 Å². The van der Waals surface area contributed by atoms with Gasteiger partial charge in [-0.2, -0.15) is 18.3 Å². The smallest absolute Gasteiger partial charge is 0.385 e. The first kappa shape index (κ1) is 18.5. The number of nitrogens with zero attached hydrogens (tertiary/aromatic N) is 2. The lowest BCUT2D eigenvalue weighted by Gasteiger charge is -2.39. The number of carbonyl (C=O) groups is 1. The number of nitrogens with one attached hydrogen (secondary N) is 1. The minimum absolute atomic E-state index is 0.0220. The molecule has 0 saturated carbocycles. The highest BCUT2D eigenvalue weighted by Crippen LogP contribution is 2.41. The summed E-state index contributed by atoms with van der Waals surface area (Å²) in [5.41, 5.74) is -1.60. The van der Waals surface area contributed by atoms with Gasteiger partial charge in [-0.3, -0.25) is 9.89 Å². The van der Waals surface area contributed by atoms with E-state index in [0.29, 0.717) is 5.39 Å². The zero-order valence-electron chi connectivity index (χ0n) is 14.8. The van der Waals surface area contributed by atoms with Crippen molar-refractivity contribution in [3.8, 4) is 0 Å². The van der Waals surface area contributed by atoms with E-state index in [2.05, 4.69) is 10.2 Å². The molecular weight excluding hydrogens is 371 g/mol. The third-order valence-corrected chi connectivity index (χ3v) is 5.28. The van der Waals surface area contributed by atoms with Crippen LogP contribution in [-0.4, -0.2) is 39.2 Å². The fourth-order valence-corrected chi connectivity index (χ4v) is 3.76. The topological polar surface area (TPSA) is 69.2 Å². The number of amides is 1. The number of hydrogen-bond acceptors (Lipinski definition) is 3. The number of H-pyrrole nitrogens is 1. The predicted molar refractivity (Wildman–Crippen MR) is 96.6 cm³/mol. The summed E-state index contributed by atoms with van der Waals surface area (Å²) >= 11 is 0. The van der Waals surface area contributed by atoms with Crippen LogP contribution in [0.5, 0.6) is 0 Å². The summed E-state index contributed by atoms with van der Waals surface area (Å²) in [4.78, 5) is 14.4. The first-order chi connectivity index (χ1) is 13.3. The average Bonchev–Trinajstić information content (AvgIpc) is 3.11. The van der Waals surface area contributed by atoms with E-state index in [1.165, 1.54) is 23.1 Å². The number of aliphatic hydroxyl groups is 1. The number of piperidine rings is 1. The number of likely N-dealkylation sites (tertiary alicyclic amines) is 1. The van der Waals surface area contributed by atoms with Gasteiger partial charge in [-0.05, 0) is 30.5 Å². The van der Waals surface area contributed by atoms with Crippen LogP contribution in [0.2, 0.25) is 0 Å². The Bertz CT molecular complexity index is 1020. The third-order valence-electron chi connectivity index (χ3n) is 5.28. The molecule has 1 aromatic heterocycles. The molecule has 2 aromatic carbocycles. The molecule has 0 aliphatic carbocycles. The maximum Gasteiger partial charge on any atom is 0.416 e. The van der Waals surface area contributed by atoms with Crippen LogP contribution in [0.3, 0.4) is 0 Å². The molecule has 2 N–H and O–H groups in total. The molecule has 1 amide bonds. The average molecular weight is 389 g/mol. The van der Waals surface area contributed by atoms with Gasteiger partial charge in [-0.15, -0.1) is 0 Å². The van der Waals surface area contributed by atoms with E-state index >= 15 is 0 Å². The molecule has 0 unspecified atom stereocenters. The molecular formula is C20H18F3N3O2. The van der Waals surface area contributed by atoms with Gasteiger partial charge in [0.1, 0.15) is 0 Å². The Balaban J connectivity index is 1.56. The van der Waals surface area contributed by atoms with Crippen LogP contribution in [0.4, 0.5) is 13.2 Å². The van der Waals surface area contributed by atoms with Gasteiger partial charge >= 0.3 is 6.18 Å². The summed E-state index contributed by atoms with van der Waals surface area (Å²) in [5, 5.41) is 18.5. The first-order valence-electron chi connectivity index (χ1n) is 8.91. The van der Waals surface area contributed by atoms with Gasteiger partial charge in [0.25, 0.3) is 5.91 Å². The van der Waals surface area contributed by atoms with Crippen LogP contribution >= 0.6 is 0 Å². The van der Waals surface area contributed by atoms with E-state index in [1.807, 2.05) is 12.1 Å². The predicted octanol–water partition coefficient (Wildman–Crippen LogP) is 3.71. The van der Waals surface area contributed by atoms with Crippen molar-refractivity contribution in [2.45, 2.75) is 24.6 Å². The minimum atomic E-state index is -4.55. The second-order valence-electron chi connectivity index (χ2n) is 6.98. The number of carbonyl (C=O) groups excluding carboxylic acids is 1. The highest BCUT2D eigenvalue weighted by atomic mass is 19.4. The van der Waals surface area contributed by atoms with E-state index < -0.39 is 17.3 Å². The van der Waals surface area contributed by atoms with Gasteiger partial charge in [0.05, 0.1) is 16.7 Å². The maximum absolute atomic E-state index is 13.3. The molecule has 0 bridgehead atoms. The minimum Gasteiger partial charge on any atom is -0.385 e. The maximum atomic E-state index is 13.3. The van der Waals surface area contributed by atoms with Crippen LogP contribution < -0.4 is 0 Å². The second-order valence-corrected chi connectivity index (χ2v) is 6.98. The molecule has 0 atom stereocenters. The largest absolute Gasteiger partial charge is 0.416 e. The monoisotopic (exact) mass is 389 g/mol. The number of aromatic nitrogens is 2. The van der Waals surface area contributed by atoms with Crippen LogP contribution in [0.15, 0.2) is 48.5 Å². The van der Waals surface area contributed by atoms with Gasteiger partial charge in [0.15, 0.2) is 5.69 Å².